The Morgan fingerprint density at radius 1 is 1.38 bits per heavy atom. The fourth-order valence-electron chi connectivity index (χ4n) is 5.22. The van der Waals surface area contributed by atoms with Gasteiger partial charge in [0.25, 0.3) is 0 Å². The van der Waals surface area contributed by atoms with E-state index in [0.717, 1.165) is 6.42 Å². The van der Waals surface area contributed by atoms with Crippen molar-refractivity contribution in [3.8, 4) is 0 Å². The van der Waals surface area contributed by atoms with Crippen molar-refractivity contribution in [2.24, 2.45) is 11.3 Å². The first-order valence-electron chi connectivity index (χ1n) is 8.61. The van der Waals surface area contributed by atoms with E-state index in [9.17, 15) is 0 Å². The molecule has 1 saturated carbocycles. The molecule has 1 heterocycles. The number of H-pyrrole nitrogens is 1. The van der Waals surface area contributed by atoms with Crippen molar-refractivity contribution in [3.05, 3.63) is 59.6 Å². The van der Waals surface area contributed by atoms with Crippen LogP contribution in [-0.4, -0.2) is 16.4 Å². The van der Waals surface area contributed by atoms with Gasteiger partial charge in [0, 0.05) is 17.1 Å². The smallest absolute Gasteiger partial charge is 0.240 e. The molecule has 1 aromatic carbocycles. The van der Waals surface area contributed by atoms with E-state index >= 15 is 0 Å². The Balaban J connectivity index is 2.03. The molecule has 24 heavy (non-hydrogen) atoms. The lowest BCUT2D eigenvalue weighted by atomic mass is 9.51. The quantitative estimate of drug-likeness (QED) is 0.394. The minimum absolute atomic E-state index is 0.00203. The number of hydrogen-bond acceptors (Lipinski definition) is 0. The Morgan fingerprint density at radius 3 is 2.79 bits per heavy atom. The standard InChI is InChI=1S/C21H23ClN2/c1-6-21(4)16(22)10-14-18(19(21)23-5)12-11-24-15-9-7-8-13(17(12)15)20(14,2)3/h6-9,11,14,16,18-19,24H,1,10H2,2-4H3/t14-,16+,18+,19+,21-/m0/s1. The topological polar surface area (TPSA) is 20.1 Å². The van der Waals surface area contributed by atoms with E-state index in [4.69, 9.17) is 18.2 Å². The number of nitrogens with zero attached hydrogens (tertiary/aromatic N) is 1. The number of alkyl halides is 1. The van der Waals surface area contributed by atoms with Gasteiger partial charge in [0.15, 0.2) is 0 Å². The highest BCUT2D eigenvalue weighted by Gasteiger charge is 2.60. The highest BCUT2D eigenvalue weighted by Crippen LogP contribution is 2.60. The number of aromatic amines is 1. The molecule has 0 radical (unpaired) electrons. The van der Waals surface area contributed by atoms with Crippen LogP contribution in [0.5, 0.6) is 0 Å². The Hall–Kier alpha value is -1.72. The molecule has 2 aliphatic rings. The summed E-state index contributed by atoms with van der Waals surface area (Å²) >= 11 is 6.83. The van der Waals surface area contributed by atoms with Gasteiger partial charge >= 0.3 is 0 Å². The van der Waals surface area contributed by atoms with Gasteiger partial charge in [-0.25, -0.2) is 6.57 Å². The van der Waals surface area contributed by atoms with Gasteiger partial charge < -0.3 is 9.83 Å². The van der Waals surface area contributed by atoms with Crippen LogP contribution in [0.15, 0.2) is 37.1 Å². The number of rotatable bonds is 1. The lowest BCUT2D eigenvalue weighted by molar-refractivity contribution is 0.124. The second-order valence-corrected chi connectivity index (χ2v) is 8.70. The third kappa shape index (κ3) is 1.72. The predicted molar refractivity (Wildman–Crippen MR) is 101 cm³/mol. The van der Waals surface area contributed by atoms with Crippen LogP contribution in [0.25, 0.3) is 15.7 Å². The van der Waals surface area contributed by atoms with Gasteiger partial charge in [0.2, 0.25) is 6.04 Å². The monoisotopic (exact) mass is 338 g/mol. The summed E-state index contributed by atoms with van der Waals surface area (Å²) in [6.07, 6.45) is 4.95. The number of halogens is 1. The average molecular weight is 339 g/mol. The first-order chi connectivity index (χ1) is 11.4. The van der Waals surface area contributed by atoms with Crippen molar-refractivity contribution in [3.63, 3.8) is 0 Å². The molecule has 1 N–H and O–H groups in total. The molecule has 1 fully saturated rings. The summed E-state index contributed by atoms with van der Waals surface area (Å²) in [5.41, 5.74) is 3.48. The summed E-state index contributed by atoms with van der Waals surface area (Å²) in [6.45, 7) is 18.7. The third-order valence-corrected chi connectivity index (χ3v) is 7.49. The van der Waals surface area contributed by atoms with Gasteiger partial charge in [-0.3, -0.25) is 0 Å². The maximum absolute atomic E-state index is 7.94. The van der Waals surface area contributed by atoms with Gasteiger partial charge in [-0.15, -0.1) is 18.2 Å². The summed E-state index contributed by atoms with van der Waals surface area (Å²) in [5.74, 6) is 0.556. The maximum atomic E-state index is 7.94. The molecule has 1 aromatic heterocycles. The van der Waals surface area contributed by atoms with Gasteiger partial charge in [-0.05, 0) is 41.9 Å². The van der Waals surface area contributed by atoms with Crippen LogP contribution in [0.1, 0.15) is 44.2 Å². The SMILES string of the molecule is [C-]#[N+][C@@H]1[C@@H]2c3c[nH]c4cccc(c34)C(C)(C)[C@H]2C[C@@H](Cl)[C@]1(C)C=C. The molecule has 3 heteroatoms. The minimum Gasteiger partial charge on any atom is -0.361 e. The number of nitrogens with one attached hydrogen (secondary N) is 1. The van der Waals surface area contributed by atoms with Crippen LogP contribution in [0, 0.1) is 17.9 Å². The Bertz CT molecular complexity index is 872. The maximum Gasteiger partial charge on any atom is 0.240 e. The molecule has 4 rings (SSSR count). The van der Waals surface area contributed by atoms with E-state index in [-0.39, 0.29) is 28.2 Å². The molecule has 124 valence electrons. The molecular formula is C21H23ClN2. The molecule has 2 nitrogen and oxygen atoms in total. The number of hydrogen-bond donors (Lipinski definition) is 1. The fourth-order valence-corrected chi connectivity index (χ4v) is 5.64. The molecular weight excluding hydrogens is 316 g/mol. The number of benzene rings is 1. The van der Waals surface area contributed by atoms with E-state index in [1.54, 1.807) is 0 Å². The summed E-state index contributed by atoms with van der Waals surface area (Å²) in [5, 5.41) is 1.26. The largest absolute Gasteiger partial charge is 0.361 e. The van der Waals surface area contributed by atoms with E-state index in [2.05, 4.69) is 61.6 Å². The van der Waals surface area contributed by atoms with Crippen LogP contribution in [-0.2, 0) is 5.41 Å². The van der Waals surface area contributed by atoms with E-state index < -0.39 is 0 Å². The van der Waals surface area contributed by atoms with Crippen molar-refractivity contribution in [2.45, 2.75) is 49.9 Å². The first kappa shape index (κ1) is 15.8. The number of fused-ring (bicyclic) bond motifs is 2. The summed E-state index contributed by atoms with van der Waals surface area (Å²) < 4.78 is 0. The zero-order valence-corrected chi connectivity index (χ0v) is 15.2. The van der Waals surface area contributed by atoms with Crippen LogP contribution >= 0.6 is 11.6 Å². The normalized spacial score (nSPS) is 36.8. The van der Waals surface area contributed by atoms with Gasteiger partial charge in [-0.2, -0.15) is 0 Å². The van der Waals surface area contributed by atoms with Gasteiger partial charge in [-0.1, -0.05) is 32.1 Å². The molecule has 0 bridgehead atoms. The van der Waals surface area contributed by atoms with E-state index in [1.165, 1.54) is 22.0 Å². The molecule has 2 aliphatic carbocycles. The zero-order chi connectivity index (χ0) is 17.3. The summed E-state index contributed by atoms with van der Waals surface area (Å²) in [4.78, 5) is 7.52. The van der Waals surface area contributed by atoms with Crippen LogP contribution in [0.3, 0.4) is 0 Å². The van der Waals surface area contributed by atoms with Crippen LogP contribution < -0.4 is 0 Å². The molecule has 0 unspecified atom stereocenters. The fraction of sp³-hybridized carbons (Fsp3) is 0.476. The predicted octanol–water partition coefficient (Wildman–Crippen LogP) is 5.65. The van der Waals surface area contributed by atoms with E-state index in [1.807, 2.05) is 6.08 Å². The zero-order valence-electron chi connectivity index (χ0n) is 14.4. The second kappa shape index (κ2) is 4.90. The summed E-state index contributed by atoms with van der Waals surface area (Å²) in [6, 6.07) is 6.32. The molecule has 0 saturated heterocycles. The lowest BCUT2D eigenvalue weighted by Gasteiger charge is -2.52. The molecule has 0 spiro atoms. The Labute approximate surface area is 148 Å². The second-order valence-electron chi connectivity index (χ2n) is 8.17. The minimum atomic E-state index is -0.365. The highest BCUT2D eigenvalue weighted by molar-refractivity contribution is 6.21. The van der Waals surface area contributed by atoms with Crippen LogP contribution in [0.2, 0.25) is 0 Å². The lowest BCUT2D eigenvalue weighted by Crippen LogP contribution is -2.54. The molecule has 2 aromatic rings. The van der Waals surface area contributed by atoms with Crippen molar-refractivity contribution in [1.82, 2.24) is 4.98 Å². The third-order valence-electron chi connectivity index (χ3n) is 6.84. The average Bonchev–Trinajstić information content (AvgIpc) is 2.99. The molecule has 0 aliphatic heterocycles. The first-order valence-corrected chi connectivity index (χ1v) is 9.04. The summed E-state index contributed by atoms with van der Waals surface area (Å²) in [7, 11) is 0. The molecule has 0 amide bonds. The van der Waals surface area contributed by atoms with Crippen molar-refractivity contribution in [2.75, 3.05) is 0 Å². The van der Waals surface area contributed by atoms with E-state index in [0.29, 0.717) is 5.92 Å². The highest BCUT2D eigenvalue weighted by atomic mass is 35.5. The Kier molecular flexibility index (Phi) is 3.22. The van der Waals surface area contributed by atoms with Crippen molar-refractivity contribution >= 4 is 22.5 Å². The number of aromatic nitrogens is 1. The van der Waals surface area contributed by atoms with Crippen LogP contribution in [0.4, 0.5) is 0 Å². The van der Waals surface area contributed by atoms with Crippen molar-refractivity contribution in [1.29, 1.82) is 0 Å². The Morgan fingerprint density at radius 2 is 2.12 bits per heavy atom. The molecule has 5 atom stereocenters. The van der Waals surface area contributed by atoms with Crippen molar-refractivity contribution < 1.29 is 0 Å². The van der Waals surface area contributed by atoms with Gasteiger partial charge in [0.1, 0.15) is 0 Å². The van der Waals surface area contributed by atoms with Gasteiger partial charge in [0.05, 0.1) is 16.7 Å².